The Kier molecular flexibility index (Phi) is 4.00. The van der Waals surface area contributed by atoms with E-state index >= 15 is 0 Å². The monoisotopic (exact) mass is 278 g/mol. The summed E-state index contributed by atoms with van der Waals surface area (Å²) in [6.07, 6.45) is 5.42. The number of hydrogen-bond donors (Lipinski definition) is 2. The van der Waals surface area contributed by atoms with Crippen LogP contribution >= 0.6 is 0 Å². The fourth-order valence-electron chi connectivity index (χ4n) is 2.94. The Morgan fingerprint density at radius 2 is 2.15 bits per heavy atom. The predicted molar refractivity (Wildman–Crippen MR) is 75.1 cm³/mol. The molecule has 0 radical (unpaired) electrons. The van der Waals surface area contributed by atoms with Gasteiger partial charge in [-0.3, -0.25) is 9.59 Å². The minimum atomic E-state index is -0.101. The SMILES string of the molecule is O=C1CCC(C(=O)N(CC2CCCNC2)C2CC2)=NN1. The maximum atomic E-state index is 12.6. The quantitative estimate of drug-likeness (QED) is 0.774. The minimum absolute atomic E-state index is 0.0260. The zero-order chi connectivity index (χ0) is 13.9. The van der Waals surface area contributed by atoms with Crippen LogP contribution in [0.2, 0.25) is 0 Å². The van der Waals surface area contributed by atoms with Crippen molar-refractivity contribution in [2.75, 3.05) is 19.6 Å². The Hall–Kier alpha value is -1.43. The summed E-state index contributed by atoms with van der Waals surface area (Å²) in [5.41, 5.74) is 2.93. The first kappa shape index (κ1) is 13.5. The van der Waals surface area contributed by atoms with Gasteiger partial charge in [0.2, 0.25) is 5.91 Å². The van der Waals surface area contributed by atoms with Crippen molar-refractivity contribution in [2.45, 2.75) is 44.6 Å². The van der Waals surface area contributed by atoms with Crippen molar-refractivity contribution in [3.05, 3.63) is 0 Å². The standard InChI is InChI=1S/C14H22N4O2/c19-13-6-5-12(16-17-13)14(20)18(11-3-4-11)9-10-2-1-7-15-8-10/h10-11,15H,1-9H2,(H,17,19). The molecule has 2 amide bonds. The lowest BCUT2D eigenvalue weighted by molar-refractivity contribution is -0.125. The molecule has 20 heavy (non-hydrogen) atoms. The maximum absolute atomic E-state index is 12.6. The molecule has 1 saturated heterocycles. The molecule has 0 aromatic heterocycles. The first-order valence-electron chi connectivity index (χ1n) is 7.61. The number of nitrogens with one attached hydrogen (secondary N) is 2. The molecule has 2 aliphatic heterocycles. The molecule has 0 bridgehead atoms. The van der Waals surface area contributed by atoms with Gasteiger partial charge < -0.3 is 10.2 Å². The molecule has 3 aliphatic rings. The summed E-state index contributed by atoms with van der Waals surface area (Å²) in [7, 11) is 0. The molecule has 1 saturated carbocycles. The second-order valence-electron chi connectivity index (χ2n) is 5.99. The number of carbonyl (C=O) groups is 2. The molecule has 2 fully saturated rings. The number of carbonyl (C=O) groups excluding carboxylic acids is 2. The molecular formula is C14H22N4O2. The van der Waals surface area contributed by atoms with Crippen molar-refractivity contribution >= 4 is 17.5 Å². The average molecular weight is 278 g/mol. The van der Waals surface area contributed by atoms with Crippen LogP contribution in [0.4, 0.5) is 0 Å². The molecule has 0 aromatic rings. The lowest BCUT2D eigenvalue weighted by Gasteiger charge is -2.31. The predicted octanol–water partition coefficient (Wildman–Crippen LogP) is 0.243. The molecule has 6 heteroatoms. The number of rotatable bonds is 4. The molecule has 1 aliphatic carbocycles. The van der Waals surface area contributed by atoms with E-state index in [0.717, 1.165) is 32.5 Å². The van der Waals surface area contributed by atoms with E-state index in [1.165, 1.54) is 12.8 Å². The highest BCUT2D eigenvalue weighted by atomic mass is 16.2. The van der Waals surface area contributed by atoms with Crippen LogP contribution in [0.3, 0.4) is 0 Å². The summed E-state index contributed by atoms with van der Waals surface area (Å²) in [6.45, 7) is 2.91. The van der Waals surface area contributed by atoms with Crippen molar-refractivity contribution in [1.29, 1.82) is 0 Å². The molecular weight excluding hydrogens is 256 g/mol. The summed E-state index contributed by atoms with van der Waals surface area (Å²) >= 11 is 0. The number of amides is 2. The summed E-state index contributed by atoms with van der Waals surface area (Å²) in [4.78, 5) is 25.7. The van der Waals surface area contributed by atoms with Crippen molar-refractivity contribution in [1.82, 2.24) is 15.6 Å². The molecule has 110 valence electrons. The normalized spacial score (nSPS) is 26.7. The number of piperidine rings is 1. The second-order valence-corrected chi connectivity index (χ2v) is 5.99. The summed E-state index contributed by atoms with van der Waals surface area (Å²) < 4.78 is 0. The van der Waals surface area contributed by atoms with Gasteiger partial charge in [0.25, 0.3) is 5.91 Å². The average Bonchev–Trinajstić information content (AvgIpc) is 3.30. The Labute approximate surface area is 119 Å². The van der Waals surface area contributed by atoms with Crippen LogP contribution in [0.15, 0.2) is 5.10 Å². The first-order chi connectivity index (χ1) is 9.74. The fourth-order valence-corrected chi connectivity index (χ4v) is 2.94. The van der Waals surface area contributed by atoms with E-state index in [9.17, 15) is 9.59 Å². The van der Waals surface area contributed by atoms with Gasteiger partial charge in [0.05, 0.1) is 0 Å². The van der Waals surface area contributed by atoms with Crippen LogP contribution < -0.4 is 10.7 Å². The van der Waals surface area contributed by atoms with E-state index < -0.39 is 0 Å². The molecule has 6 nitrogen and oxygen atoms in total. The van der Waals surface area contributed by atoms with Crippen LogP contribution in [0, 0.1) is 5.92 Å². The van der Waals surface area contributed by atoms with Gasteiger partial charge in [-0.15, -0.1) is 0 Å². The Morgan fingerprint density at radius 3 is 2.75 bits per heavy atom. The smallest absolute Gasteiger partial charge is 0.270 e. The van der Waals surface area contributed by atoms with E-state index in [-0.39, 0.29) is 11.8 Å². The van der Waals surface area contributed by atoms with Crippen molar-refractivity contribution < 1.29 is 9.59 Å². The van der Waals surface area contributed by atoms with Gasteiger partial charge in [-0.1, -0.05) is 0 Å². The third kappa shape index (κ3) is 3.17. The van der Waals surface area contributed by atoms with Gasteiger partial charge in [-0.05, 0) is 44.7 Å². The van der Waals surface area contributed by atoms with Gasteiger partial charge in [-0.2, -0.15) is 5.10 Å². The molecule has 1 atom stereocenters. The zero-order valence-corrected chi connectivity index (χ0v) is 11.7. The van der Waals surface area contributed by atoms with Gasteiger partial charge in [0.1, 0.15) is 5.71 Å². The molecule has 0 aromatic carbocycles. The molecule has 1 unspecified atom stereocenters. The Bertz CT molecular complexity index is 425. The summed E-state index contributed by atoms with van der Waals surface area (Å²) in [5.74, 6) is 0.473. The Morgan fingerprint density at radius 1 is 1.30 bits per heavy atom. The van der Waals surface area contributed by atoms with E-state index in [0.29, 0.717) is 30.5 Å². The lowest BCUT2D eigenvalue weighted by atomic mass is 9.98. The van der Waals surface area contributed by atoms with Crippen LogP contribution in [0.25, 0.3) is 0 Å². The van der Waals surface area contributed by atoms with Crippen molar-refractivity contribution in [3.63, 3.8) is 0 Å². The number of hydrazone groups is 1. The highest BCUT2D eigenvalue weighted by Crippen LogP contribution is 2.29. The number of nitrogens with zero attached hydrogens (tertiary/aromatic N) is 2. The molecule has 2 heterocycles. The third-order valence-corrected chi connectivity index (χ3v) is 4.25. The zero-order valence-electron chi connectivity index (χ0n) is 11.7. The van der Waals surface area contributed by atoms with Crippen LogP contribution in [-0.2, 0) is 9.59 Å². The first-order valence-corrected chi connectivity index (χ1v) is 7.61. The van der Waals surface area contributed by atoms with Gasteiger partial charge in [0.15, 0.2) is 0 Å². The van der Waals surface area contributed by atoms with Gasteiger partial charge in [-0.25, -0.2) is 5.43 Å². The lowest BCUT2D eigenvalue weighted by Crippen LogP contribution is -2.46. The highest BCUT2D eigenvalue weighted by Gasteiger charge is 2.36. The largest absolute Gasteiger partial charge is 0.334 e. The molecule has 3 rings (SSSR count). The van der Waals surface area contributed by atoms with Gasteiger partial charge in [0, 0.05) is 25.4 Å². The second kappa shape index (κ2) is 5.91. The van der Waals surface area contributed by atoms with Crippen LogP contribution in [0.1, 0.15) is 38.5 Å². The fraction of sp³-hybridized carbons (Fsp3) is 0.786. The third-order valence-electron chi connectivity index (χ3n) is 4.25. The van der Waals surface area contributed by atoms with Crippen LogP contribution in [0.5, 0.6) is 0 Å². The summed E-state index contributed by atoms with van der Waals surface area (Å²) in [6, 6.07) is 0.393. The minimum Gasteiger partial charge on any atom is -0.334 e. The number of hydrogen-bond acceptors (Lipinski definition) is 4. The van der Waals surface area contributed by atoms with Gasteiger partial charge >= 0.3 is 0 Å². The van der Waals surface area contributed by atoms with Crippen molar-refractivity contribution in [3.8, 4) is 0 Å². The van der Waals surface area contributed by atoms with E-state index in [2.05, 4.69) is 15.8 Å². The van der Waals surface area contributed by atoms with E-state index in [1.54, 1.807) is 0 Å². The highest BCUT2D eigenvalue weighted by molar-refractivity contribution is 6.39. The summed E-state index contributed by atoms with van der Waals surface area (Å²) in [5, 5.41) is 7.34. The maximum Gasteiger partial charge on any atom is 0.270 e. The van der Waals surface area contributed by atoms with Crippen LogP contribution in [-0.4, -0.2) is 48.1 Å². The molecule has 0 spiro atoms. The molecule has 2 N–H and O–H groups in total. The van der Waals surface area contributed by atoms with Crippen molar-refractivity contribution in [2.24, 2.45) is 11.0 Å². The van der Waals surface area contributed by atoms with E-state index in [1.807, 2.05) is 4.90 Å². The Balaban J connectivity index is 1.63. The topological polar surface area (TPSA) is 73.8 Å². The van der Waals surface area contributed by atoms with E-state index in [4.69, 9.17) is 0 Å².